The van der Waals surface area contributed by atoms with Crippen LogP contribution in [-0.4, -0.2) is 49.2 Å². The second kappa shape index (κ2) is 8.18. The van der Waals surface area contributed by atoms with Gasteiger partial charge in [-0.25, -0.2) is 0 Å². The van der Waals surface area contributed by atoms with Crippen LogP contribution in [0.2, 0.25) is 0 Å². The van der Waals surface area contributed by atoms with Crippen molar-refractivity contribution in [3.8, 4) is 17.2 Å². The Morgan fingerprint density at radius 3 is 2.76 bits per heavy atom. The fraction of sp³-hybridized carbons (Fsp3) is 0.318. The van der Waals surface area contributed by atoms with Crippen molar-refractivity contribution in [3.63, 3.8) is 0 Å². The van der Waals surface area contributed by atoms with E-state index in [0.29, 0.717) is 47.9 Å². The summed E-state index contributed by atoms with van der Waals surface area (Å²) in [7, 11) is 1.58. The molecular formula is C22H22BrNO5. The molecule has 0 bridgehead atoms. The van der Waals surface area contributed by atoms with E-state index in [4.69, 9.17) is 14.2 Å². The molecule has 4 rings (SSSR count). The van der Waals surface area contributed by atoms with E-state index >= 15 is 0 Å². The van der Waals surface area contributed by atoms with Crippen molar-refractivity contribution >= 4 is 27.8 Å². The number of phenols is 1. The van der Waals surface area contributed by atoms with Gasteiger partial charge in [0.2, 0.25) is 5.78 Å². The van der Waals surface area contributed by atoms with E-state index in [1.54, 1.807) is 26.2 Å². The van der Waals surface area contributed by atoms with Gasteiger partial charge in [-0.05, 0) is 42.8 Å². The topological polar surface area (TPSA) is 68.2 Å². The molecule has 2 aromatic rings. The Morgan fingerprint density at radius 1 is 1.28 bits per heavy atom. The number of phenolic OH excluding ortho intramolecular Hbond substituents is 1. The van der Waals surface area contributed by atoms with Crippen LogP contribution in [0.4, 0.5) is 0 Å². The molecule has 29 heavy (non-hydrogen) atoms. The average Bonchev–Trinajstić information content (AvgIpc) is 3.03. The highest BCUT2D eigenvalue weighted by molar-refractivity contribution is 9.10. The van der Waals surface area contributed by atoms with Gasteiger partial charge >= 0.3 is 0 Å². The molecule has 1 saturated heterocycles. The first kappa shape index (κ1) is 19.9. The molecule has 2 heterocycles. The summed E-state index contributed by atoms with van der Waals surface area (Å²) in [5.74, 6) is 1.25. The van der Waals surface area contributed by atoms with Gasteiger partial charge in [0.15, 0.2) is 5.76 Å². The molecule has 2 aliphatic rings. The quantitative estimate of drug-likeness (QED) is 0.698. The Labute approximate surface area is 177 Å². The first-order valence-electron chi connectivity index (χ1n) is 9.41. The lowest BCUT2D eigenvalue weighted by Gasteiger charge is -2.27. The summed E-state index contributed by atoms with van der Waals surface area (Å²) < 4.78 is 17.7. The third-order valence-corrected chi connectivity index (χ3v) is 5.68. The zero-order valence-electron chi connectivity index (χ0n) is 16.3. The van der Waals surface area contributed by atoms with E-state index in [9.17, 15) is 9.90 Å². The van der Waals surface area contributed by atoms with Crippen LogP contribution in [0.15, 0.2) is 34.5 Å². The van der Waals surface area contributed by atoms with Gasteiger partial charge in [-0.3, -0.25) is 9.69 Å². The molecule has 7 heteroatoms. The third-order valence-electron chi connectivity index (χ3n) is 5.18. The number of carbonyl (C=O) groups excluding carboxylic acids is 1. The maximum absolute atomic E-state index is 13.1. The molecule has 6 nitrogen and oxygen atoms in total. The first-order chi connectivity index (χ1) is 14.0. The molecule has 0 radical (unpaired) electrons. The Balaban J connectivity index is 1.73. The van der Waals surface area contributed by atoms with Crippen LogP contribution < -0.4 is 9.47 Å². The van der Waals surface area contributed by atoms with Gasteiger partial charge in [-0.15, -0.1) is 0 Å². The normalized spacial score (nSPS) is 18.0. The molecule has 0 aliphatic carbocycles. The van der Waals surface area contributed by atoms with Crippen molar-refractivity contribution in [3.05, 3.63) is 56.8 Å². The molecule has 0 spiro atoms. The number of Topliss-reactive ketones (excluding diaryl/α,β-unsaturated/α-hetero) is 1. The van der Waals surface area contributed by atoms with Crippen LogP contribution in [0.25, 0.3) is 6.08 Å². The molecule has 152 valence electrons. The van der Waals surface area contributed by atoms with Gasteiger partial charge in [-0.1, -0.05) is 15.9 Å². The Bertz CT molecular complexity index is 995. The molecule has 1 fully saturated rings. The lowest BCUT2D eigenvalue weighted by molar-refractivity contribution is 0.0336. The second-order valence-electron chi connectivity index (χ2n) is 7.11. The lowest BCUT2D eigenvalue weighted by Crippen LogP contribution is -2.35. The molecular weight excluding hydrogens is 438 g/mol. The Morgan fingerprint density at radius 2 is 2.03 bits per heavy atom. The molecule has 0 aromatic heterocycles. The number of allylic oxidation sites excluding steroid dienone is 1. The lowest BCUT2D eigenvalue weighted by atomic mass is 9.99. The van der Waals surface area contributed by atoms with Gasteiger partial charge in [0.1, 0.15) is 17.2 Å². The number of rotatable bonds is 4. The number of carbonyl (C=O) groups is 1. The van der Waals surface area contributed by atoms with Gasteiger partial charge < -0.3 is 19.3 Å². The van der Waals surface area contributed by atoms with Crippen LogP contribution in [-0.2, 0) is 11.3 Å². The van der Waals surface area contributed by atoms with E-state index in [1.165, 1.54) is 0 Å². The standard InChI is InChI=1S/C22H22BrNO5/c1-13-9-17(25)16(12-24-5-7-28-8-6-24)22-20(13)21(26)19(29-22)11-14-10-15(23)3-4-18(14)27-2/h3-4,9-11,25H,5-8,12H2,1-2H3/b19-11-. The van der Waals surface area contributed by atoms with Crippen molar-refractivity contribution in [2.75, 3.05) is 33.4 Å². The number of ketones is 1. The van der Waals surface area contributed by atoms with Crippen molar-refractivity contribution in [2.45, 2.75) is 13.5 Å². The number of morpholine rings is 1. The van der Waals surface area contributed by atoms with E-state index in [2.05, 4.69) is 20.8 Å². The third kappa shape index (κ3) is 3.90. The minimum atomic E-state index is -0.192. The highest BCUT2D eigenvalue weighted by Crippen LogP contribution is 2.42. The minimum absolute atomic E-state index is 0.141. The number of fused-ring (bicyclic) bond motifs is 1. The molecule has 0 atom stereocenters. The predicted octanol–water partition coefficient (Wildman–Crippen LogP) is 3.92. The predicted molar refractivity (Wildman–Crippen MR) is 113 cm³/mol. The number of benzene rings is 2. The second-order valence-corrected chi connectivity index (χ2v) is 8.03. The zero-order chi connectivity index (χ0) is 20.5. The number of aryl methyl sites for hydroxylation is 1. The van der Waals surface area contributed by atoms with E-state index < -0.39 is 0 Å². The highest BCUT2D eigenvalue weighted by Gasteiger charge is 2.34. The van der Waals surface area contributed by atoms with Crippen LogP contribution in [0.5, 0.6) is 17.2 Å². The number of nitrogens with zero attached hydrogens (tertiary/aromatic N) is 1. The van der Waals surface area contributed by atoms with Crippen molar-refractivity contribution < 1.29 is 24.1 Å². The summed E-state index contributed by atoms with van der Waals surface area (Å²) >= 11 is 3.45. The summed E-state index contributed by atoms with van der Waals surface area (Å²) in [5, 5.41) is 10.6. The van der Waals surface area contributed by atoms with Crippen LogP contribution >= 0.6 is 15.9 Å². The average molecular weight is 460 g/mol. The summed E-state index contributed by atoms with van der Waals surface area (Å²) in [6, 6.07) is 7.20. The van der Waals surface area contributed by atoms with E-state index in [1.807, 2.05) is 18.2 Å². The first-order valence-corrected chi connectivity index (χ1v) is 10.2. The Kier molecular flexibility index (Phi) is 5.63. The summed E-state index contributed by atoms with van der Waals surface area (Å²) in [4.78, 5) is 15.3. The van der Waals surface area contributed by atoms with E-state index in [0.717, 1.165) is 23.1 Å². The van der Waals surface area contributed by atoms with Crippen molar-refractivity contribution in [2.24, 2.45) is 0 Å². The molecule has 0 unspecified atom stereocenters. The number of hydrogen-bond donors (Lipinski definition) is 1. The molecule has 2 aromatic carbocycles. The van der Waals surface area contributed by atoms with Gasteiger partial charge in [0, 0.05) is 29.7 Å². The fourth-order valence-electron chi connectivity index (χ4n) is 3.67. The largest absolute Gasteiger partial charge is 0.507 e. The van der Waals surface area contributed by atoms with Crippen LogP contribution in [0, 0.1) is 6.92 Å². The number of ether oxygens (including phenoxy) is 3. The number of hydrogen-bond acceptors (Lipinski definition) is 6. The van der Waals surface area contributed by atoms with Crippen molar-refractivity contribution in [1.82, 2.24) is 4.90 Å². The fourth-order valence-corrected chi connectivity index (χ4v) is 4.05. The summed E-state index contributed by atoms with van der Waals surface area (Å²) in [5.41, 5.74) is 2.56. The SMILES string of the molecule is COc1ccc(Br)cc1/C=C1\Oc2c(CN3CCOCC3)c(O)cc(C)c2C1=O. The Hall–Kier alpha value is -2.35. The number of aromatic hydroxyl groups is 1. The van der Waals surface area contributed by atoms with E-state index in [-0.39, 0.29) is 17.3 Å². The maximum atomic E-state index is 13.1. The zero-order valence-corrected chi connectivity index (χ0v) is 17.9. The molecule has 0 amide bonds. The van der Waals surface area contributed by atoms with Crippen LogP contribution in [0.3, 0.4) is 0 Å². The number of methoxy groups -OCH3 is 1. The number of halogens is 1. The van der Waals surface area contributed by atoms with Gasteiger partial charge in [0.25, 0.3) is 0 Å². The van der Waals surface area contributed by atoms with Gasteiger partial charge in [-0.2, -0.15) is 0 Å². The smallest absolute Gasteiger partial charge is 0.232 e. The van der Waals surface area contributed by atoms with Gasteiger partial charge in [0.05, 0.1) is 31.5 Å². The highest BCUT2D eigenvalue weighted by atomic mass is 79.9. The summed E-state index contributed by atoms with van der Waals surface area (Å²) in [6.07, 6.45) is 1.68. The monoisotopic (exact) mass is 459 g/mol. The summed E-state index contributed by atoms with van der Waals surface area (Å²) in [6.45, 7) is 5.16. The van der Waals surface area contributed by atoms with Crippen LogP contribution in [0.1, 0.15) is 27.0 Å². The minimum Gasteiger partial charge on any atom is -0.507 e. The molecule has 2 aliphatic heterocycles. The van der Waals surface area contributed by atoms with Crippen molar-refractivity contribution in [1.29, 1.82) is 0 Å². The maximum Gasteiger partial charge on any atom is 0.232 e. The molecule has 0 saturated carbocycles. The molecule has 1 N–H and O–H groups in total.